The second-order valence-corrected chi connectivity index (χ2v) is 3.68. The quantitative estimate of drug-likeness (QED) is 0.811. The largest absolute Gasteiger partial charge is 0.309 e. The molecule has 0 amide bonds. The summed E-state index contributed by atoms with van der Waals surface area (Å²) in [6, 6.07) is 4.05. The van der Waals surface area contributed by atoms with Gasteiger partial charge in [0.05, 0.1) is 16.8 Å². The van der Waals surface area contributed by atoms with Crippen LogP contribution in [0.2, 0.25) is 5.02 Å². The Hall–Kier alpha value is -0.600. The van der Waals surface area contributed by atoms with Crippen molar-refractivity contribution < 1.29 is 0 Å². The molecule has 0 aliphatic carbocycles. The van der Waals surface area contributed by atoms with E-state index in [2.05, 4.69) is 24.1 Å². The molecule has 14 heavy (non-hydrogen) atoms. The van der Waals surface area contributed by atoms with Crippen molar-refractivity contribution in [2.24, 2.45) is 0 Å². The molecular formula is C11H17ClN2. The van der Waals surface area contributed by atoms with E-state index >= 15 is 0 Å². The Balaban J connectivity index is 2.81. The maximum absolute atomic E-state index is 6.09. The normalized spacial score (nSPS) is 12.8. The van der Waals surface area contributed by atoms with Crippen molar-refractivity contribution in [3.63, 3.8) is 0 Å². The van der Waals surface area contributed by atoms with Crippen molar-refractivity contribution in [1.82, 2.24) is 10.3 Å². The highest BCUT2D eigenvalue weighted by Gasteiger charge is 2.13. The van der Waals surface area contributed by atoms with Gasteiger partial charge in [0.2, 0.25) is 0 Å². The molecule has 0 bridgehead atoms. The van der Waals surface area contributed by atoms with Gasteiger partial charge >= 0.3 is 0 Å². The molecule has 0 aliphatic rings. The Morgan fingerprint density at radius 1 is 1.50 bits per heavy atom. The molecule has 1 heterocycles. The molecule has 1 aromatic heterocycles. The van der Waals surface area contributed by atoms with Crippen LogP contribution >= 0.6 is 11.6 Å². The number of hydrogen-bond acceptors (Lipinski definition) is 2. The zero-order chi connectivity index (χ0) is 10.4. The van der Waals surface area contributed by atoms with Crippen molar-refractivity contribution in [1.29, 1.82) is 0 Å². The highest BCUT2D eigenvalue weighted by molar-refractivity contribution is 6.31. The van der Waals surface area contributed by atoms with Crippen molar-refractivity contribution in [2.75, 3.05) is 6.54 Å². The molecule has 3 heteroatoms. The lowest BCUT2D eigenvalue weighted by Crippen LogP contribution is -2.21. The van der Waals surface area contributed by atoms with Crippen LogP contribution in [0.3, 0.4) is 0 Å². The van der Waals surface area contributed by atoms with Crippen LogP contribution in [-0.4, -0.2) is 11.5 Å². The molecule has 0 aliphatic heterocycles. The average molecular weight is 213 g/mol. The minimum absolute atomic E-state index is 0.290. The fourth-order valence-corrected chi connectivity index (χ4v) is 1.78. The molecule has 1 N–H and O–H groups in total. The first-order valence-electron chi connectivity index (χ1n) is 5.13. The molecule has 78 valence electrons. The van der Waals surface area contributed by atoms with Gasteiger partial charge in [-0.25, -0.2) is 0 Å². The molecule has 1 unspecified atom stereocenters. The number of nitrogens with one attached hydrogen (secondary N) is 1. The fraction of sp³-hybridized carbons (Fsp3) is 0.545. The highest BCUT2D eigenvalue weighted by Crippen LogP contribution is 2.23. The number of nitrogens with zero attached hydrogens (tertiary/aromatic N) is 1. The third-order valence-corrected chi connectivity index (χ3v) is 2.46. The lowest BCUT2D eigenvalue weighted by Gasteiger charge is -2.17. The van der Waals surface area contributed by atoms with Crippen LogP contribution in [0.5, 0.6) is 0 Å². The second kappa shape index (κ2) is 5.99. The van der Waals surface area contributed by atoms with Crippen LogP contribution in [0.4, 0.5) is 0 Å². The van der Waals surface area contributed by atoms with E-state index in [0.717, 1.165) is 30.1 Å². The Labute approximate surface area is 90.7 Å². The molecule has 1 atom stereocenters. The zero-order valence-corrected chi connectivity index (χ0v) is 9.51. The third kappa shape index (κ3) is 2.96. The van der Waals surface area contributed by atoms with Gasteiger partial charge in [-0.3, -0.25) is 4.98 Å². The van der Waals surface area contributed by atoms with E-state index in [0.29, 0.717) is 6.04 Å². The molecule has 0 spiro atoms. The van der Waals surface area contributed by atoms with E-state index < -0.39 is 0 Å². The molecule has 1 rings (SSSR count). The Kier molecular flexibility index (Phi) is 4.91. The monoisotopic (exact) mass is 212 g/mol. The molecule has 0 radical (unpaired) electrons. The van der Waals surface area contributed by atoms with Gasteiger partial charge in [0.25, 0.3) is 0 Å². The number of aromatic nitrogens is 1. The summed E-state index contributed by atoms with van der Waals surface area (Å²) in [5.74, 6) is 0. The maximum Gasteiger partial charge on any atom is 0.0758 e. The molecule has 0 saturated carbocycles. The molecule has 0 fully saturated rings. The van der Waals surface area contributed by atoms with Crippen molar-refractivity contribution >= 4 is 11.6 Å². The lowest BCUT2D eigenvalue weighted by molar-refractivity contribution is 0.498. The minimum Gasteiger partial charge on any atom is -0.309 e. The number of rotatable bonds is 5. The molecule has 2 nitrogen and oxygen atoms in total. The number of pyridine rings is 1. The van der Waals surface area contributed by atoms with Gasteiger partial charge < -0.3 is 5.32 Å². The summed E-state index contributed by atoms with van der Waals surface area (Å²) in [4.78, 5) is 4.32. The number of hydrogen-bond donors (Lipinski definition) is 1. The van der Waals surface area contributed by atoms with Gasteiger partial charge in [0, 0.05) is 6.20 Å². The van der Waals surface area contributed by atoms with Crippen molar-refractivity contribution in [2.45, 2.75) is 32.7 Å². The predicted molar refractivity (Wildman–Crippen MR) is 60.6 cm³/mol. The van der Waals surface area contributed by atoms with Crippen LogP contribution in [0.15, 0.2) is 18.3 Å². The topological polar surface area (TPSA) is 24.9 Å². The first-order valence-corrected chi connectivity index (χ1v) is 5.51. The van der Waals surface area contributed by atoms with Gasteiger partial charge in [-0.2, -0.15) is 0 Å². The Morgan fingerprint density at radius 2 is 2.29 bits per heavy atom. The summed E-state index contributed by atoms with van der Waals surface area (Å²) in [7, 11) is 0. The summed E-state index contributed by atoms with van der Waals surface area (Å²) in [5, 5.41) is 4.15. The van der Waals surface area contributed by atoms with Gasteiger partial charge in [0.1, 0.15) is 0 Å². The zero-order valence-electron chi connectivity index (χ0n) is 8.76. The SMILES string of the molecule is CCCC(NCC)c1ncccc1Cl. The highest BCUT2D eigenvalue weighted by atomic mass is 35.5. The van der Waals surface area contributed by atoms with Gasteiger partial charge in [-0.05, 0) is 25.1 Å². The van der Waals surface area contributed by atoms with Gasteiger partial charge in [0.15, 0.2) is 0 Å². The Morgan fingerprint density at radius 3 is 2.86 bits per heavy atom. The van der Waals surface area contributed by atoms with Crippen LogP contribution in [0.25, 0.3) is 0 Å². The van der Waals surface area contributed by atoms with Gasteiger partial charge in [-0.15, -0.1) is 0 Å². The molecule has 0 aromatic carbocycles. The van der Waals surface area contributed by atoms with Crippen molar-refractivity contribution in [3.8, 4) is 0 Å². The van der Waals surface area contributed by atoms with Crippen LogP contribution < -0.4 is 5.32 Å². The average Bonchev–Trinajstić information content (AvgIpc) is 2.18. The number of halogens is 1. The molecule has 1 aromatic rings. The Bertz CT molecular complexity index is 270. The van der Waals surface area contributed by atoms with E-state index in [4.69, 9.17) is 11.6 Å². The first-order chi connectivity index (χ1) is 6.79. The van der Waals surface area contributed by atoms with Gasteiger partial charge in [-0.1, -0.05) is 31.9 Å². The second-order valence-electron chi connectivity index (χ2n) is 3.27. The summed E-state index contributed by atoms with van der Waals surface area (Å²) in [6.07, 6.45) is 4.00. The standard InChI is InChI=1S/C11H17ClN2/c1-3-6-10(13-4-2)11-9(12)7-5-8-14-11/h5,7-8,10,13H,3-4,6H2,1-2H3. The third-order valence-electron chi connectivity index (χ3n) is 2.14. The summed E-state index contributed by atoms with van der Waals surface area (Å²) in [5.41, 5.74) is 0.970. The molecule has 0 saturated heterocycles. The lowest BCUT2D eigenvalue weighted by atomic mass is 10.1. The van der Waals surface area contributed by atoms with E-state index in [-0.39, 0.29) is 0 Å². The van der Waals surface area contributed by atoms with Crippen molar-refractivity contribution in [3.05, 3.63) is 29.0 Å². The maximum atomic E-state index is 6.09. The van der Waals surface area contributed by atoms with Crippen LogP contribution in [0, 0.1) is 0 Å². The summed E-state index contributed by atoms with van der Waals surface area (Å²) in [6.45, 7) is 5.21. The fourth-order valence-electron chi connectivity index (χ4n) is 1.52. The summed E-state index contributed by atoms with van der Waals surface area (Å²) >= 11 is 6.09. The van der Waals surface area contributed by atoms with E-state index in [1.807, 2.05) is 12.1 Å². The smallest absolute Gasteiger partial charge is 0.0758 e. The van der Waals surface area contributed by atoms with E-state index in [1.165, 1.54) is 0 Å². The van der Waals surface area contributed by atoms with Crippen LogP contribution in [0.1, 0.15) is 38.4 Å². The molecular weight excluding hydrogens is 196 g/mol. The predicted octanol–water partition coefficient (Wildman–Crippen LogP) is 3.19. The van der Waals surface area contributed by atoms with E-state index in [9.17, 15) is 0 Å². The van der Waals surface area contributed by atoms with E-state index in [1.54, 1.807) is 6.20 Å². The minimum atomic E-state index is 0.290. The first kappa shape index (κ1) is 11.5. The van der Waals surface area contributed by atoms with Crippen LogP contribution in [-0.2, 0) is 0 Å². The summed E-state index contributed by atoms with van der Waals surface area (Å²) < 4.78 is 0.